The fourth-order valence-corrected chi connectivity index (χ4v) is 2.54. The molecule has 0 aromatic carbocycles. The summed E-state index contributed by atoms with van der Waals surface area (Å²) in [5, 5.41) is 12.0. The zero-order valence-electron chi connectivity index (χ0n) is 18.4. The van der Waals surface area contributed by atoms with Gasteiger partial charge in [-0.25, -0.2) is 9.59 Å². The summed E-state index contributed by atoms with van der Waals surface area (Å²) in [5.41, 5.74) is -2.05. The maximum Gasteiger partial charge on any atom is 0.508 e. The number of aliphatic hydroxyl groups excluding tert-OH is 1. The minimum Gasteiger partial charge on any atom is -0.462 e. The zero-order chi connectivity index (χ0) is 23.4. The van der Waals surface area contributed by atoms with Crippen LogP contribution in [0.4, 0.5) is 9.59 Å². The number of hydrogen-bond acceptors (Lipinski definition) is 10. The number of amides is 1. The number of esters is 2. The van der Waals surface area contributed by atoms with Crippen molar-refractivity contribution in [3.63, 3.8) is 0 Å². The Morgan fingerprint density at radius 2 is 1.50 bits per heavy atom. The number of ether oxygens (including phenoxy) is 5. The third-order valence-corrected chi connectivity index (χ3v) is 4.38. The molecular formula is C19H33NO10. The van der Waals surface area contributed by atoms with Crippen molar-refractivity contribution >= 4 is 24.2 Å². The highest BCUT2D eigenvalue weighted by Gasteiger charge is 2.43. The predicted octanol–water partition coefficient (Wildman–Crippen LogP) is 1.41. The van der Waals surface area contributed by atoms with Gasteiger partial charge in [0.15, 0.2) is 0 Å². The van der Waals surface area contributed by atoms with E-state index in [0.717, 1.165) is 7.11 Å². The zero-order valence-corrected chi connectivity index (χ0v) is 18.4. The van der Waals surface area contributed by atoms with E-state index >= 15 is 0 Å². The first-order valence-corrected chi connectivity index (χ1v) is 9.49. The molecule has 0 saturated heterocycles. The third kappa shape index (κ3) is 9.77. The van der Waals surface area contributed by atoms with E-state index in [0.29, 0.717) is 6.42 Å². The van der Waals surface area contributed by atoms with Gasteiger partial charge >= 0.3 is 24.2 Å². The van der Waals surface area contributed by atoms with Gasteiger partial charge in [-0.2, -0.15) is 0 Å². The number of rotatable bonds is 12. The largest absolute Gasteiger partial charge is 0.508 e. The van der Waals surface area contributed by atoms with Crippen LogP contribution in [0.1, 0.15) is 40.5 Å². The molecule has 174 valence electrons. The predicted molar refractivity (Wildman–Crippen MR) is 103 cm³/mol. The highest BCUT2D eigenvalue weighted by Crippen LogP contribution is 2.38. The molecule has 0 bridgehead atoms. The molecule has 0 aliphatic heterocycles. The van der Waals surface area contributed by atoms with Crippen molar-refractivity contribution < 1.29 is 48.0 Å². The van der Waals surface area contributed by atoms with Gasteiger partial charge in [0.25, 0.3) is 0 Å². The summed E-state index contributed by atoms with van der Waals surface area (Å²) < 4.78 is 23.9. The van der Waals surface area contributed by atoms with E-state index in [1.54, 1.807) is 27.7 Å². The summed E-state index contributed by atoms with van der Waals surface area (Å²) in [7, 11) is 2.54. The molecule has 0 rings (SSSR count). The normalized spacial score (nSPS) is 14.0. The molecule has 2 unspecified atom stereocenters. The van der Waals surface area contributed by atoms with E-state index in [1.165, 1.54) is 7.05 Å². The van der Waals surface area contributed by atoms with Crippen molar-refractivity contribution in [2.24, 2.45) is 10.8 Å². The van der Waals surface area contributed by atoms with Crippen LogP contribution in [0.25, 0.3) is 0 Å². The Morgan fingerprint density at radius 1 is 0.933 bits per heavy atom. The lowest BCUT2D eigenvalue weighted by atomic mass is 9.72. The third-order valence-electron chi connectivity index (χ3n) is 4.38. The van der Waals surface area contributed by atoms with Crippen molar-refractivity contribution in [3.05, 3.63) is 0 Å². The second-order valence-electron chi connectivity index (χ2n) is 7.51. The summed E-state index contributed by atoms with van der Waals surface area (Å²) in [6, 6.07) is 0. The Hall–Kier alpha value is -2.56. The highest BCUT2D eigenvalue weighted by atomic mass is 16.7. The van der Waals surface area contributed by atoms with Gasteiger partial charge < -0.3 is 34.1 Å². The smallest absolute Gasteiger partial charge is 0.462 e. The van der Waals surface area contributed by atoms with E-state index in [-0.39, 0.29) is 26.2 Å². The van der Waals surface area contributed by atoms with E-state index in [9.17, 15) is 24.3 Å². The lowest BCUT2D eigenvalue weighted by Crippen LogP contribution is -2.40. The molecular weight excluding hydrogens is 402 g/mol. The van der Waals surface area contributed by atoms with Crippen molar-refractivity contribution in [1.82, 2.24) is 5.32 Å². The molecule has 0 heterocycles. The second kappa shape index (κ2) is 12.9. The molecule has 0 aliphatic rings. The second-order valence-corrected chi connectivity index (χ2v) is 7.51. The van der Waals surface area contributed by atoms with Gasteiger partial charge in [0, 0.05) is 7.05 Å². The highest BCUT2D eigenvalue weighted by molar-refractivity contribution is 5.80. The quantitative estimate of drug-likeness (QED) is 0.262. The number of carbonyl (C=O) groups is 4. The number of methoxy groups -OCH3 is 1. The van der Waals surface area contributed by atoms with Crippen molar-refractivity contribution in [1.29, 1.82) is 0 Å². The summed E-state index contributed by atoms with van der Waals surface area (Å²) in [6.45, 7) is 5.70. The first-order chi connectivity index (χ1) is 13.9. The SMILES string of the molecule is CCC(C)(CC(C)(C)C(=O)OCC(O)COC(=O)OC)C(=O)OCCOC(=O)NC. The molecule has 0 aliphatic carbocycles. The molecule has 11 heteroatoms. The molecule has 0 spiro atoms. The average molecular weight is 435 g/mol. The van der Waals surface area contributed by atoms with E-state index in [1.807, 2.05) is 0 Å². The van der Waals surface area contributed by atoms with Gasteiger partial charge in [0.05, 0.1) is 17.9 Å². The molecule has 0 saturated carbocycles. The molecule has 0 radical (unpaired) electrons. The van der Waals surface area contributed by atoms with E-state index in [4.69, 9.17) is 14.2 Å². The van der Waals surface area contributed by atoms with Crippen LogP contribution in [0, 0.1) is 10.8 Å². The maximum atomic E-state index is 12.5. The monoisotopic (exact) mass is 435 g/mol. The van der Waals surface area contributed by atoms with E-state index < -0.39 is 47.7 Å². The van der Waals surface area contributed by atoms with Gasteiger partial charge in [-0.05, 0) is 33.6 Å². The molecule has 0 aromatic heterocycles. The van der Waals surface area contributed by atoms with Crippen LogP contribution in [0.15, 0.2) is 0 Å². The number of carbonyl (C=O) groups excluding carboxylic acids is 4. The van der Waals surface area contributed by atoms with Crippen LogP contribution in [0.2, 0.25) is 0 Å². The standard InChI is InChI=1S/C19H33NO10/c1-7-19(4,15(23)27-8-9-28-16(24)20-5)12-18(2,3)14(22)29-10-13(21)11-30-17(25)26-6/h13,21H,7-12H2,1-6H3,(H,20,24). The maximum absolute atomic E-state index is 12.5. The average Bonchev–Trinajstić information content (AvgIpc) is 2.71. The number of alkyl carbamates (subject to hydrolysis) is 1. The molecule has 30 heavy (non-hydrogen) atoms. The Labute approximate surface area is 176 Å². The minimum atomic E-state index is -1.22. The summed E-state index contributed by atoms with van der Waals surface area (Å²) in [5.74, 6) is -1.16. The first kappa shape index (κ1) is 27.4. The van der Waals surface area contributed by atoms with Crippen LogP contribution in [0.3, 0.4) is 0 Å². The van der Waals surface area contributed by atoms with Crippen LogP contribution < -0.4 is 5.32 Å². The van der Waals surface area contributed by atoms with Crippen LogP contribution in [0.5, 0.6) is 0 Å². The van der Waals surface area contributed by atoms with Crippen molar-refractivity contribution in [3.8, 4) is 0 Å². The van der Waals surface area contributed by atoms with Gasteiger partial charge in [-0.3, -0.25) is 9.59 Å². The van der Waals surface area contributed by atoms with Crippen LogP contribution in [-0.4, -0.2) is 76.0 Å². The number of hydrogen-bond donors (Lipinski definition) is 2. The summed E-state index contributed by atoms with van der Waals surface area (Å²) in [6.07, 6.45) is -2.29. The van der Waals surface area contributed by atoms with E-state index in [2.05, 4.69) is 14.8 Å². The Kier molecular flexibility index (Phi) is 11.8. The van der Waals surface area contributed by atoms with Crippen LogP contribution in [-0.2, 0) is 33.3 Å². The topological polar surface area (TPSA) is 147 Å². The van der Waals surface area contributed by atoms with Gasteiger partial charge in [-0.15, -0.1) is 0 Å². The molecule has 0 fully saturated rings. The van der Waals surface area contributed by atoms with Crippen LogP contribution >= 0.6 is 0 Å². The Morgan fingerprint density at radius 3 is 2.03 bits per heavy atom. The number of nitrogens with one attached hydrogen (secondary N) is 1. The minimum absolute atomic E-state index is 0.0951. The molecule has 2 N–H and O–H groups in total. The fraction of sp³-hybridized carbons (Fsp3) is 0.789. The molecule has 2 atom stereocenters. The van der Waals surface area contributed by atoms with Gasteiger partial charge in [0.1, 0.15) is 32.5 Å². The lowest BCUT2D eigenvalue weighted by Gasteiger charge is -2.33. The van der Waals surface area contributed by atoms with Gasteiger partial charge in [-0.1, -0.05) is 6.92 Å². The van der Waals surface area contributed by atoms with Crippen molar-refractivity contribution in [2.75, 3.05) is 40.6 Å². The van der Waals surface area contributed by atoms with Crippen molar-refractivity contribution in [2.45, 2.75) is 46.6 Å². The molecule has 1 amide bonds. The number of aliphatic hydroxyl groups is 1. The van der Waals surface area contributed by atoms with Gasteiger partial charge in [0.2, 0.25) is 0 Å². The molecule has 11 nitrogen and oxygen atoms in total. The Bertz CT molecular complexity index is 592. The molecule has 0 aromatic rings. The Balaban J connectivity index is 4.69. The fourth-order valence-electron chi connectivity index (χ4n) is 2.54. The summed E-state index contributed by atoms with van der Waals surface area (Å²) in [4.78, 5) is 46.9. The summed E-state index contributed by atoms with van der Waals surface area (Å²) >= 11 is 0. The first-order valence-electron chi connectivity index (χ1n) is 9.49. The lowest BCUT2D eigenvalue weighted by molar-refractivity contribution is -0.165.